The van der Waals surface area contributed by atoms with Crippen LogP contribution in [0, 0.1) is 0 Å². The molecular formula is C25H15BrN2O. The van der Waals surface area contributed by atoms with Gasteiger partial charge in [-0.15, -0.1) is 0 Å². The van der Waals surface area contributed by atoms with E-state index in [0.29, 0.717) is 5.89 Å². The number of aromatic nitrogens is 2. The Balaban J connectivity index is 1.71. The maximum Gasteiger partial charge on any atom is 0.227 e. The third-order valence-corrected chi connectivity index (χ3v) is 5.76. The van der Waals surface area contributed by atoms with Crippen LogP contribution in [0.15, 0.2) is 99.9 Å². The molecule has 0 radical (unpaired) electrons. The summed E-state index contributed by atoms with van der Waals surface area (Å²) < 4.78 is 9.48. The lowest BCUT2D eigenvalue weighted by molar-refractivity contribution is 0.620. The number of hydrogen-bond acceptors (Lipinski definition) is 2. The number of hydrogen-bond donors (Lipinski definition) is 0. The van der Waals surface area contributed by atoms with Gasteiger partial charge in [0.15, 0.2) is 5.58 Å². The largest absolute Gasteiger partial charge is 0.436 e. The van der Waals surface area contributed by atoms with Crippen molar-refractivity contribution in [1.82, 2.24) is 9.55 Å². The Morgan fingerprint density at radius 3 is 2.24 bits per heavy atom. The van der Waals surface area contributed by atoms with E-state index in [1.54, 1.807) is 0 Å². The van der Waals surface area contributed by atoms with Gasteiger partial charge < -0.3 is 8.98 Å². The molecule has 3 nitrogen and oxygen atoms in total. The van der Waals surface area contributed by atoms with Crippen LogP contribution in [-0.2, 0) is 0 Å². The molecule has 6 rings (SSSR count). The highest BCUT2D eigenvalue weighted by Gasteiger charge is 2.16. The zero-order valence-electron chi connectivity index (χ0n) is 15.3. The predicted octanol–water partition coefficient (Wildman–Crippen LogP) is 7.35. The topological polar surface area (TPSA) is 31.0 Å². The van der Waals surface area contributed by atoms with Gasteiger partial charge in [-0.05, 0) is 48.5 Å². The average Bonchev–Trinajstić information content (AvgIpc) is 3.31. The van der Waals surface area contributed by atoms with Crippen LogP contribution in [0.2, 0.25) is 0 Å². The molecule has 29 heavy (non-hydrogen) atoms. The van der Waals surface area contributed by atoms with Gasteiger partial charge in [0.2, 0.25) is 5.89 Å². The highest BCUT2D eigenvalue weighted by Crippen LogP contribution is 2.37. The second-order valence-electron chi connectivity index (χ2n) is 7.05. The van der Waals surface area contributed by atoms with Gasteiger partial charge in [0, 0.05) is 32.6 Å². The number of nitrogens with zero attached hydrogens (tertiary/aromatic N) is 2. The van der Waals surface area contributed by atoms with E-state index in [0.717, 1.165) is 43.2 Å². The normalized spacial score (nSPS) is 11.6. The minimum absolute atomic E-state index is 0.644. The van der Waals surface area contributed by atoms with E-state index in [1.165, 1.54) is 5.39 Å². The summed E-state index contributed by atoms with van der Waals surface area (Å²) in [7, 11) is 0. The monoisotopic (exact) mass is 438 g/mol. The van der Waals surface area contributed by atoms with Crippen molar-refractivity contribution in [3.05, 3.63) is 95.5 Å². The molecule has 2 aromatic heterocycles. The third-order valence-electron chi connectivity index (χ3n) is 5.27. The van der Waals surface area contributed by atoms with Crippen molar-refractivity contribution in [1.29, 1.82) is 0 Å². The van der Waals surface area contributed by atoms with Crippen LogP contribution in [-0.4, -0.2) is 9.55 Å². The summed E-state index contributed by atoms with van der Waals surface area (Å²) in [6.07, 6.45) is 0. The highest BCUT2D eigenvalue weighted by atomic mass is 79.9. The van der Waals surface area contributed by atoms with Gasteiger partial charge in [-0.2, -0.15) is 0 Å². The fourth-order valence-corrected chi connectivity index (χ4v) is 4.33. The molecule has 0 saturated heterocycles. The van der Waals surface area contributed by atoms with Gasteiger partial charge in [0.05, 0.1) is 11.0 Å². The SMILES string of the molecule is Brc1ccc2c(c1)c1cc3nc(-c4ccccc4)oc3cc1n2-c1ccccc1. The second-order valence-corrected chi connectivity index (χ2v) is 7.97. The van der Waals surface area contributed by atoms with Crippen LogP contribution in [0.5, 0.6) is 0 Å². The van der Waals surface area contributed by atoms with Crippen molar-refractivity contribution in [3.8, 4) is 17.1 Å². The third kappa shape index (κ3) is 2.60. The van der Waals surface area contributed by atoms with Crippen molar-refractivity contribution in [2.24, 2.45) is 0 Å². The summed E-state index contributed by atoms with van der Waals surface area (Å²) in [6, 6.07) is 31.1. The van der Waals surface area contributed by atoms with Crippen LogP contribution in [0.1, 0.15) is 0 Å². The summed E-state index contributed by atoms with van der Waals surface area (Å²) in [5, 5.41) is 2.34. The summed E-state index contributed by atoms with van der Waals surface area (Å²) in [4.78, 5) is 4.76. The van der Waals surface area contributed by atoms with Crippen LogP contribution in [0.4, 0.5) is 0 Å². The lowest BCUT2D eigenvalue weighted by atomic mass is 10.1. The van der Waals surface area contributed by atoms with E-state index in [2.05, 4.69) is 75.1 Å². The number of halogens is 1. The first kappa shape index (κ1) is 16.6. The summed E-state index contributed by atoms with van der Waals surface area (Å²) in [5.41, 5.74) is 6.01. The summed E-state index contributed by atoms with van der Waals surface area (Å²) in [6.45, 7) is 0. The zero-order valence-corrected chi connectivity index (χ0v) is 16.9. The molecule has 0 fully saturated rings. The number of benzene rings is 4. The molecule has 0 bridgehead atoms. The molecule has 0 amide bonds. The van der Waals surface area contributed by atoms with E-state index in [4.69, 9.17) is 9.40 Å². The second kappa shape index (κ2) is 6.33. The van der Waals surface area contributed by atoms with Crippen molar-refractivity contribution in [3.63, 3.8) is 0 Å². The number of para-hydroxylation sites is 1. The first-order valence-corrected chi connectivity index (χ1v) is 10.2. The molecule has 0 aliphatic carbocycles. The Bertz CT molecular complexity index is 1500. The van der Waals surface area contributed by atoms with Crippen LogP contribution >= 0.6 is 15.9 Å². The maximum atomic E-state index is 6.14. The molecule has 0 N–H and O–H groups in total. The zero-order chi connectivity index (χ0) is 19.4. The Hall–Kier alpha value is -3.37. The van der Waals surface area contributed by atoms with Gasteiger partial charge in [0.25, 0.3) is 0 Å². The van der Waals surface area contributed by atoms with Crippen molar-refractivity contribution >= 4 is 48.8 Å². The lowest BCUT2D eigenvalue weighted by Gasteiger charge is -2.07. The molecule has 6 aromatic rings. The average molecular weight is 439 g/mol. The quantitative estimate of drug-likeness (QED) is 0.282. The minimum atomic E-state index is 0.644. The van der Waals surface area contributed by atoms with E-state index < -0.39 is 0 Å². The van der Waals surface area contributed by atoms with Gasteiger partial charge >= 0.3 is 0 Å². The van der Waals surface area contributed by atoms with Crippen molar-refractivity contribution in [2.75, 3.05) is 0 Å². The van der Waals surface area contributed by atoms with Crippen LogP contribution < -0.4 is 0 Å². The fourth-order valence-electron chi connectivity index (χ4n) is 3.97. The molecule has 0 aliphatic heterocycles. The molecule has 138 valence electrons. The van der Waals surface area contributed by atoms with E-state index in [1.807, 2.05) is 36.4 Å². The van der Waals surface area contributed by atoms with E-state index in [9.17, 15) is 0 Å². The molecule has 0 unspecified atom stereocenters. The van der Waals surface area contributed by atoms with Crippen LogP contribution in [0.25, 0.3) is 50.0 Å². The van der Waals surface area contributed by atoms with E-state index in [-0.39, 0.29) is 0 Å². The van der Waals surface area contributed by atoms with Gasteiger partial charge in [-0.25, -0.2) is 4.98 Å². The minimum Gasteiger partial charge on any atom is -0.436 e. The Morgan fingerprint density at radius 2 is 1.45 bits per heavy atom. The Labute approximate surface area is 175 Å². The Kier molecular flexibility index (Phi) is 3.61. The standard InChI is InChI=1S/C25H15BrN2O/c26-17-11-12-22-19(13-17)20-14-21-24(29-25(27-21)16-7-3-1-4-8-16)15-23(20)28(22)18-9-5-2-6-10-18/h1-15H. The lowest BCUT2D eigenvalue weighted by Crippen LogP contribution is -1.92. The smallest absolute Gasteiger partial charge is 0.227 e. The first-order valence-electron chi connectivity index (χ1n) is 9.43. The first-order chi connectivity index (χ1) is 14.3. The summed E-state index contributed by atoms with van der Waals surface area (Å²) >= 11 is 3.62. The molecule has 0 atom stereocenters. The van der Waals surface area contributed by atoms with Crippen LogP contribution in [0.3, 0.4) is 0 Å². The highest BCUT2D eigenvalue weighted by molar-refractivity contribution is 9.10. The number of rotatable bonds is 2. The number of fused-ring (bicyclic) bond motifs is 4. The summed E-state index contributed by atoms with van der Waals surface area (Å²) in [5.74, 6) is 0.644. The number of oxazole rings is 1. The van der Waals surface area contributed by atoms with Crippen molar-refractivity contribution < 1.29 is 4.42 Å². The Morgan fingerprint density at radius 1 is 0.724 bits per heavy atom. The molecule has 0 saturated carbocycles. The molecule has 4 heteroatoms. The van der Waals surface area contributed by atoms with Gasteiger partial charge in [-0.3, -0.25) is 0 Å². The fraction of sp³-hybridized carbons (Fsp3) is 0. The molecular weight excluding hydrogens is 424 g/mol. The van der Waals surface area contributed by atoms with Gasteiger partial charge in [0.1, 0.15) is 5.52 Å². The molecule has 0 spiro atoms. The predicted molar refractivity (Wildman–Crippen MR) is 121 cm³/mol. The van der Waals surface area contributed by atoms with E-state index >= 15 is 0 Å². The molecule has 0 aliphatic rings. The van der Waals surface area contributed by atoms with Crippen molar-refractivity contribution in [2.45, 2.75) is 0 Å². The molecule has 4 aromatic carbocycles. The van der Waals surface area contributed by atoms with Gasteiger partial charge in [-0.1, -0.05) is 52.3 Å². The molecule has 2 heterocycles. The maximum absolute atomic E-state index is 6.14.